The maximum absolute atomic E-state index is 12.5. The second-order valence-electron chi connectivity index (χ2n) is 5.49. The first-order valence-electron chi connectivity index (χ1n) is 7.66. The summed E-state index contributed by atoms with van der Waals surface area (Å²) in [6.45, 7) is 1.07. The maximum Gasteiger partial charge on any atom is 0.260 e. The summed E-state index contributed by atoms with van der Waals surface area (Å²) >= 11 is 0. The van der Waals surface area contributed by atoms with Gasteiger partial charge in [0, 0.05) is 12.6 Å². The number of pyridine rings is 1. The average Bonchev–Trinajstić information content (AvgIpc) is 2.61. The van der Waals surface area contributed by atoms with Crippen molar-refractivity contribution in [2.45, 2.75) is 18.9 Å². The van der Waals surface area contributed by atoms with Gasteiger partial charge < -0.3 is 19.6 Å². The molecule has 3 rings (SSSR count). The van der Waals surface area contributed by atoms with E-state index in [0.29, 0.717) is 35.1 Å². The van der Waals surface area contributed by atoms with Gasteiger partial charge in [0.05, 0.1) is 26.0 Å². The Bertz CT molecular complexity index is 725. The van der Waals surface area contributed by atoms with Gasteiger partial charge in [0.2, 0.25) is 11.8 Å². The molecule has 8 heteroatoms. The fourth-order valence-electron chi connectivity index (χ4n) is 2.64. The van der Waals surface area contributed by atoms with Crippen molar-refractivity contribution < 1.29 is 19.0 Å². The van der Waals surface area contributed by atoms with Crippen molar-refractivity contribution in [3.05, 3.63) is 47.7 Å². The van der Waals surface area contributed by atoms with Crippen LogP contribution in [0.4, 0.5) is 0 Å². The summed E-state index contributed by atoms with van der Waals surface area (Å²) < 4.78 is 11.5. The summed E-state index contributed by atoms with van der Waals surface area (Å²) in [4.78, 5) is 22.4. The molecular weight excluding hydrogens is 312 g/mol. The van der Waals surface area contributed by atoms with Gasteiger partial charge in [0.25, 0.3) is 5.91 Å². The van der Waals surface area contributed by atoms with Crippen LogP contribution in [-0.4, -0.2) is 47.1 Å². The number of likely N-dealkylation sites (tertiary alicyclic amines) is 1. The molecule has 1 saturated heterocycles. The highest BCUT2D eigenvalue weighted by Crippen LogP contribution is 2.19. The van der Waals surface area contributed by atoms with E-state index < -0.39 is 0 Å². The highest BCUT2D eigenvalue weighted by molar-refractivity contribution is 5.93. The molecule has 1 unspecified atom stereocenters. The number of amides is 1. The molecule has 0 spiro atoms. The van der Waals surface area contributed by atoms with Crippen LogP contribution in [0.25, 0.3) is 0 Å². The Kier molecular flexibility index (Phi) is 4.74. The second-order valence-corrected chi connectivity index (χ2v) is 5.49. The van der Waals surface area contributed by atoms with Crippen molar-refractivity contribution in [1.82, 2.24) is 14.9 Å². The van der Waals surface area contributed by atoms with E-state index in [1.165, 1.54) is 31.9 Å². The van der Waals surface area contributed by atoms with Gasteiger partial charge in [0.15, 0.2) is 12.4 Å². The first-order chi connectivity index (χ1) is 11.7. The zero-order valence-electron chi connectivity index (χ0n) is 13.3. The summed E-state index contributed by atoms with van der Waals surface area (Å²) in [5.74, 6) is 0.566. The lowest BCUT2D eigenvalue weighted by Gasteiger charge is -2.32. The first-order valence-corrected chi connectivity index (χ1v) is 7.66. The predicted molar refractivity (Wildman–Crippen MR) is 83.5 cm³/mol. The van der Waals surface area contributed by atoms with E-state index in [0.717, 1.165) is 12.8 Å². The van der Waals surface area contributed by atoms with Crippen LogP contribution >= 0.6 is 0 Å². The normalized spacial score (nSPS) is 17.4. The Morgan fingerprint density at radius 2 is 2.25 bits per heavy atom. The SMILES string of the molecule is COc1cncc(OC2CCCN(C(=O)c3ccc[n+]([O-])c3)C2)n1. The highest BCUT2D eigenvalue weighted by atomic mass is 16.5. The summed E-state index contributed by atoms with van der Waals surface area (Å²) in [7, 11) is 1.51. The molecule has 0 N–H and O–H groups in total. The first kappa shape index (κ1) is 16.0. The lowest BCUT2D eigenvalue weighted by atomic mass is 10.1. The number of ether oxygens (including phenoxy) is 2. The van der Waals surface area contributed by atoms with Crippen molar-refractivity contribution >= 4 is 5.91 Å². The van der Waals surface area contributed by atoms with Crippen molar-refractivity contribution in [3.8, 4) is 11.8 Å². The van der Waals surface area contributed by atoms with E-state index in [4.69, 9.17) is 9.47 Å². The number of piperidine rings is 1. The minimum atomic E-state index is -0.176. The molecule has 1 amide bonds. The molecule has 1 aliphatic heterocycles. The lowest BCUT2D eigenvalue weighted by Crippen LogP contribution is -2.45. The molecule has 0 saturated carbocycles. The van der Waals surface area contributed by atoms with Gasteiger partial charge >= 0.3 is 0 Å². The zero-order chi connectivity index (χ0) is 16.9. The van der Waals surface area contributed by atoms with Gasteiger partial charge in [-0.15, -0.1) is 0 Å². The fourth-order valence-corrected chi connectivity index (χ4v) is 2.64. The van der Waals surface area contributed by atoms with Gasteiger partial charge in [-0.2, -0.15) is 9.71 Å². The number of hydrogen-bond acceptors (Lipinski definition) is 6. The molecule has 2 aromatic heterocycles. The Balaban J connectivity index is 1.66. The average molecular weight is 330 g/mol. The summed E-state index contributed by atoms with van der Waals surface area (Å²) in [5.41, 5.74) is 0.370. The van der Waals surface area contributed by atoms with Gasteiger partial charge in [-0.25, -0.2) is 0 Å². The minimum Gasteiger partial charge on any atom is -0.619 e. The Morgan fingerprint density at radius 1 is 1.42 bits per heavy atom. The smallest absolute Gasteiger partial charge is 0.260 e. The number of carbonyl (C=O) groups excluding carboxylic acids is 1. The number of rotatable bonds is 4. The molecule has 0 aromatic carbocycles. The molecule has 1 fully saturated rings. The third-order valence-electron chi connectivity index (χ3n) is 3.77. The van der Waals surface area contributed by atoms with E-state index in [2.05, 4.69) is 9.97 Å². The molecule has 2 aromatic rings. The Hall–Kier alpha value is -2.90. The minimum absolute atomic E-state index is 0.174. The van der Waals surface area contributed by atoms with Crippen LogP contribution in [0.15, 0.2) is 36.9 Å². The van der Waals surface area contributed by atoms with E-state index in [9.17, 15) is 10.0 Å². The monoisotopic (exact) mass is 330 g/mol. The zero-order valence-corrected chi connectivity index (χ0v) is 13.3. The summed E-state index contributed by atoms with van der Waals surface area (Å²) in [6.07, 6.45) is 7.10. The summed E-state index contributed by atoms with van der Waals surface area (Å²) in [6, 6.07) is 3.19. The van der Waals surface area contributed by atoms with Gasteiger partial charge in [0.1, 0.15) is 11.7 Å². The van der Waals surface area contributed by atoms with Crippen LogP contribution in [0.5, 0.6) is 11.8 Å². The topological polar surface area (TPSA) is 91.5 Å². The van der Waals surface area contributed by atoms with E-state index in [1.807, 2.05) is 0 Å². The number of hydrogen-bond donors (Lipinski definition) is 0. The molecule has 8 nitrogen and oxygen atoms in total. The van der Waals surface area contributed by atoms with Crippen LogP contribution in [0.2, 0.25) is 0 Å². The number of carbonyl (C=O) groups is 1. The van der Waals surface area contributed by atoms with Crippen LogP contribution < -0.4 is 14.2 Å². The van der Waals surface area contributed by atoms with Crippen LogP contribution in [0, 0.1) is 5.21 Å². The van der Waals surface area contributed by atoms with Crippen LogP contribution in [-0.2, 0) is 0 Å². The largest absolute Gasteiger partial charge is 0.619 e. The van der Waals surface area contributed by atoms with E-state index >= 15 is 0 Å². The van der Waals surface area contributed by atoms with Crippen LogP contribution in [0.3, 0.4) is 0 Å². The van der Waals surface area contributed by atoms with Gasteiger partial charge in [-0.3, -0.25) is 9.78 Å². The third kappa shape index (κ3) is 3.70. The van der Waals surface area contributed by atoms with Crippen molar-refractivity contribution in [3.63, 3.8) is 0 Å². The number of nitrogens with zero attached hydrogens (tertiary/aromatic N) is 4. The Labute approximate surface area is 139 Å². The molecule has 1 atom stereocenters. The van der Waals surface area contributed by atoms with Crippen LogP contribution in [0.1, 0.15) is 23.2 Å². The molecule has 126 valence electrons. The maximum atomic E-state index is 12.5. The van der Waals surface area contributed by atoms with Crippen molar-refractivity contribution in [2.24, 2.45) is 0 Å². The highest BCUT2D eigenvalue weighted by Gasteiger charge is 2.27. The lowest BCUT2D eigenvalue weighted by molar-refractivity contribution is -0.605. The Morgan fingerprint density at radius 3 is 3.04 bits per heavy atom. The standard InChI is InChI=1S/C16H18N4O4/c1-23-14-8-17-9-15(18-14)24-13-5-3-6-19(11-13)16(21)12-4-2-7-20(22)10-12/h2,4,7-10,13H,3,5-6,11H2,1H3. The number of methoxy groups -OCH3 is 1. The van der Waals surface area contributed by atoms with E-state index in [-0.39, 0.29) is 12.0 Å². The van der Waals surface area contributed by atoms with Gasteiger partial charge in [-0.05, 0) is 18.9 Å². The van der Waals surface area contributed by atoms with Crippen molar-refractivity contribution in [1.29, 1.82) is 0 Å². The molecule has 24 heavy (non-hydrogen) atoms. The molecule has 0 bridgehead atoms. The molecule has 0 aliphatic carbocycles. The molecule has 1 aliphatic rings. The van der Waals surface area contributed by atoms with Crippen molar-refractivity contribution in [2.75, 3.05) is 20.2 Å². The number of aromatic nitrogens is 3. The third-order valence-corrected chi connectivity index (χ3v) is 3.77. The molecular formula is C16H18N4O4. The van der Waals surface area contributed by atoms with E-state index in [1.54, 1.807) is 17.0 Å². The fraction of sp³-hybridized carbons (Fsp3) is 0.375. The van der Waals surface area contributed by atoms with Gasteiger partial charge in [-0.1, -0.05) is 0 Å². The molecule has 0 radical (unpaired) electrons. The quantitative estimate of drug-likeness (QED) is 0.608. The second kappa shape index (κ2) is 7.12. The predicted octanol–water partition coefficient (Wildman–Crippen LogP) is 0.802. The molecule has 3 heterocycles. The summed E-state index contributed by atoms with van der Waals surface area (Å²) in [5, 5.41) is 11.3.